The first-order valence-electron chi connectivity index (χ1n) is 21.3. The second-order valence-corrected chi connectivity index (χ2v) is 16.0. The van der Waals surface area contributed by atoms with E-state index in [0.29, 0.717) is 5.92 Å². The Kier molecular flexibility index (Phi) is 27.7. The van der Waals surface area contributed by atoms with Crippen LogP contribution in [0.25, 0.3) is 0 Å². The lowest BCUT2D eigenvalue weighted by Gasteiger charge is -2.18. The van der Waals surface area contributed by atoms with Gasteiger partial charge in [-0.25, -0.2) is 0 Å². The van der Waals surface area contributed by atoms with Gasteiger partial charge in [-0.1, -0.05) is 162 Å². The molecule has 2 atom stereocenters. The number of nitrogens with one attached hydrogen (secondary N) is 2. The standard InChI is InChI=1S/C44H76Cl2N4/c1-4-7-9-11-13-15-17-19-21-23-25-32-47-41-28-34-49(35-29-41)43(45)38-40(27-6-3)39-44(46)50-36-30-42(31-37-50)48-33-26-24-22-20-18-16-14-12-10-8-5-2/h28-31,34-37,40,43-44H,4-27,32-33,38-39H2,1-3H3/p+2. The van der Waals surface area contributed by atoms with Crippen LogP contribution in [0.1, 0.15) is 199 Å². The molecular formula is C44H78Cl2N4+2. The summed E-state index contributed by atoms with van der Waals surface area (Å²) in [5.74, 6) is 0.461. The lowest BCUT2D eigenvalue weighted by Crippen LogP contribution is -2.39. The average molecular weight is 734 g/mol. The third kappa shape index (κ3) is 22.4. The van der Waals surface area contributed by atoms with Crippen LogP contribution in [-0.2, 0) is 0 Å². The quantitative estimate of drug-likeness (QED) is 0.0426. The minimum absolute atomic E-state index is 0.0803. The Labute approximate surface area is 319 Å². The predicted octanol–water partition coefficient (Wildman–Crippen LogP) is 14.1. The molecule has 4 nitrogen and oxygen atoms in total. The lowest BCUT2D eigenvalue weighted by atomic mass is 9.95. The fourth-order valence-electron chi connectivity index (χ4n) is 7.06. The number of anilines is 2. The summed E-state index contributed by atoms with van der Waals surface area (Å²) in [6.45, 7) is 8.91. The summed E-state index contributed by atoms with van der Waals surface area (Å²) in [5, 5.41) is 7.20. The van der Waals surface area contributed by atoms with E-state index in [9.17, 15) is 0 Å². The Hall–Kier alpha value is -1.52. The number of rotatable bonds is 34. The molecule has 0 amide bonds. The van der Waals surface area contributed by atoms with Gasteiger partial charge in [-0.15, -0.1) is 0 Å². The van der Waals surface area contributed by atoms with E-state index in [4.69, 9.17) is 23.2 Å². The third-order valence-electron chi connectivity index (χ3n) is 10.3. The number of halogens is 2. The lowest BCUT2D eigenvalue weighted by molar-refractivity contribution is -0.708. The van der Waals surface area contributed by atoms with Gasteiger partial charge in [0.25, 0.3) is 0 Å². The fraction of sp³-hybridized carbons (Fsp3) is 0.773. The van der Waals surface area contributed by atoms with Crippen LogP contribution in [0.2, 0.25) is 0 Å². The van der Waals surface area contributed by atoms with Crippen molar-refractivity contribution in [3.63, 3.8) is 0 Å². The zero-order chi connectivity index (χ0) is 35.9. The van der Waals surface area contributed by atoms with Crippen LogP contribution in [0.15, 0.2) is 49.1 Å². The highest BCUT2D eigenvalue weighted by molar-refractivity contribution is 6.18. The van der Waals surface area contributed by atoms with Crippen LogP contribution >= 0.6 is 23.2 Å². The molecule has 2 aromatic heterocycles. The van der Waals surface area contributed by atoms with E-state index in [2.05, 4.69) is 89.6 Å². The van der Waals surface area contributed by atoms with Crippen molar-refractivity contribution in [2.45, 2.75) is 199 Å². The first-order valence-corrected chi connectivity index (χ1v) is 22.2. The topological polar surface area (TPSA) is 31.8 Å². The van der Waals surface area contributed by atoms with Gasteiger partial charge in [0.2, 0.25) is 11.0 Å². The van der Waals surface area contributed by atoms with Crippen LogP contribution in [0.4, 0.5) is 11.4 Å². The molecule has 0 spiro atoms. The molecule has 0 fully saturated rings. The van der Waals surface area contributed by atoms with E-state index >= 15 is 0 Å². The maximum absolute atomic E-state index is 6.98. The van der Waals surface area contributed by atoms with Crippen LogP contribution < -0.4 is 19.8 Å². The number of alkyl halides is 2. The Balaban J connectivity index is 1.60. The Morgan fingerprint density at radius 1 is 0.440 bits per heavy atom. The molecule has 0 saturated heterocycles. The van der Waals surface area contributed by atoms with E-state index in [1.165, 1.54) is 153 Å². The molecule has 0 aliphatic carbocycles. The molecule has 6 heteroatoms. The maximum atomic E-state index is 6.98. The minimum Gasteiger partial charge on any atom is -0.385 e. The van der Waals surface area contributed by atoms with Crippen molar-refractivity contribution in [2.24, 2.45) is 5.92 Å². The SMILES string of the molecule is CCCCCCCCCCCCCNc1cc[n+](C(Cl)CC(CCC)CC(Cl)[n+]2ccc(NCCCCCCCCCCCCC)cc2)cc1. The highest BCUT2D eigenvalue weighted by Crippen LogP contribution is 2.29. The summed E-state index contributed by atoms with van der Waals surface area (Å²) in [5.41, 5.74) is 2.19. The molecule has 0 aliphatic rings. The molecule has 2 aromatic rings. The van der Waals surface area contributed by atoms with E-state index in [1.807, 2.05) is 0 Å². The van der Waals surface area contributed by atoms with Crippen LogP contribution in [0, 0.1) is 5.92 Å². The normalized spacial score (nSPS) is 13.3. The van der Waals surface area contributed by atoms with Crippen LogP contribution in [0.3, 0.4) is 0 Å². The monoisotopic (exact) mass is 733 g/mol. The highest BCUT2D eigenvalue weighted by Gasteiger charge is 2.26. The molecule has 2 N–H and O–H groups in total. The summed E-state index contributed by atoms with van der Waals surface area (Å²) in [6.07, 6.45) is 42.9. The molecule has 0 saturated carbocycles. The third-order valence-corrected chi connectivity index (χ3v) is 11.1. The van der Waals surface area contributed by atoms with Crippen LogP contribution in [0.5, 0.6) is 0 Å². The van der Waals surface area contributed by atoms with Crippen molar-refractivity contribution in [3.8, 4) is 0 Å². The Morgan fingerprint density at radius 3 is 1.04 bits per heavy atom. The molecular weight excluding hydrogens is 655 g/mol. The number of pyridine rings is 2. The Bertz CT molecular complexity index is 936. The van der Waals surface area contributed by atoms with Gasteiger partial charge in [0.05, 0.1) is 0 Å². The smallest absolute Gasteiger partial charge is 0.232 e. The molecule has 0 aromatic carbocycles. The summed E-state index contributed by atoms with van der Waals surface area (Å²) in [6, 6.07) is 8.65. The van der Waals surface area contributed by atoms with Crippen molar-refractivity contribution < 1.29 is 9.13 Å². The molecule has 0 radical (unpaired) electrons. The molecule has 2 rings (SSSR count). The first-order chi connectivity index (χ1) is 24.6. The Morgan fingerprint density at radius 2 is 0.740 bits per heavy atom. The van der Waals surface area contributed by atoms with Gasteiger partial charge in [-0.05, 0) is 42.0 Å². The molecule has 2 heterocycles. The van der Waals surface area contributed by atoms with E-state index < -0.39 is 0 Å². The largest absolute Gasteiger partial charge is 0.385 e. The van der Waals surface area contributed by atoms with Crippen molar-refractivity contribution in [3.05, 3.63) is 49.1 Å². The minimum atomic E-state index is -0.0803. The van der Waals surface area contributed by atoms with Crippen molar-refractivity contribution in [2.75, 3.05) is 23.7 Å². The van der Waals surface area contributed by atoms with E-state index in [1.54, 1.807) is 0 Å². The number of unbranched alkanes of at least 4 members (excludes halogenated alkanes) is 20. The molecule has 50 heavy (non-hydrogen) atoms. The second-order valence-electron chi connectivity index (χ2n) is 15.0. The molecule has 2 unspecified atom stereocenters. The summed E-state index contributed by atoms with van der Waals surface area (Å²) < 4.78 is 4.29. The maximum Gasteiger partial charge on any atom is 0.232 e. The predicted molar refractivity (Wildman–Crippen MR) is 221 cm³/mol. The number of hydrogen-bond acceptors (Lipinski definition) is 2. The van der Waals surface area contributed by atoms with E-state index in [-0.39, 0.29) is 11.0 Å². The van der Waals surface area contributed by atoms with Gasteiger partial charge in [-0.2, -0.15) is 9.13 Å². The fourth-order valence-corrected chi connectivity index (χ4v) is 7.83. The van der Waals surface area contributed by atoms with Gasteiger partial charge >= 0.3 is 0 Å². The molecule has 286 valence electrons. The van der Waals surface area contributed by atoms with Gasteiger partial charge in [-0.3, -0.25) is 0 Å². The average Bonchev–Trinajstić information content (AvgIpc) is 3.13. The number of hydrogen-bond donors (Lipinski definition) is 2. The second kappa shape index (κ2) is 31.0. The summed E-state index contributed by atoms with van der Waals surface area (Å²) >= 11 is 14.0. The first kappa shape index (κ1) is 44.6. The number of aromatic nitrogens is 2. The zero-order valence-electron chi connectivity index (χ0n) is 32.8. The van der Waals surface area contributed by atoms with Crippen molar-refractivity contribution >= 4 is 34.6 Å². The molecule has 0 bridgehead atoms. The zero-order valence-corrected chi connectivity index (χ0v) is 34.3. The summed E-state index contributed by atoms with van der Waals surface area (Å²) in [7, 11) is 0. The van der Waals surface area contributed by atoms with Crippen molar-refractivity contribution in [1.82, 2.24) is 0 Å². The highest BCUT2D eigenvalue weighted by atomic mass is 35.5. The van der Waals surface area contributed by atoms with Gasteiger partial charge in [0.15, 0.2) is 24.8 Å². The van der Waals surface area contributed by atoms with Crippen molar-refractivity contribution in [1.29, 1.82) is 0 Å². The summed E-state index contributed by atoms with van der Waals surface area (Å²) in [4.78, 5) is 0. The van der Waals surface area contributed by atoms with Gasteiger partial charge < -0.3 is 10.6 Å². The van der Waals surface area contributed by atoms with E-state index in [0.717, 1.165) is 38.8 Å². The van der Waals surface area contributed by atoms with Crippen LogP contribution in [-0.4, -0.2) is 13.1 Å². The van der Waals surface area contributed by atoms with Gasteiger partial charge in [0.1, 0.15) is 0 Å². The number of nitrogens with zero attached hydrogens (tertiary/aromatic N) is 2. The molecule has 0 aliphatic heterocycles. The van der Waals surface area contributed by atoms with Gasteiger partial charge in [0, 0.05) is 61.6 Å².